The first-order valence-corrected chi connectivity index (χ1v) is 7.12. The van der Waals surface area contributed by atoms with Crippen molar-refractivity contribution in [2.45, 2.75) is 6.54 Å². The van der Waals surface area contributed by atoms with E-state index >= 15 is 0 Å². The van der Waals surface area contributed by atoms with Crippen molar-refractivity contribution in [2.75, 3.05) is 20.2 Å². The predicted molar refractivity (Wildman–Crippen MR) is 84.3 cm³/mol. The van der Waals surface area contributed by atoms with Crippen molar-refractivity contribution in [3.8, 4) is 5.75 Å². The van der Waals surface area contributed by atoms with Crippen molar-refractivity contribution < 1.29 is 18.7 Å². The number of carbonyl (C=O) groups excluding carboxylic acids is 2. The molecular formula is C16H19N3O4. The third-order valence-electron chi connectivity index (χ3n) is 3.15. The quantitative estimate of drug-likeness (QED) is 0.658. The molecule has 0 fully saturated rings. The minimum atomic E-state index is -0.274. The van der Waals surface area contributed by atoms with Gasteiger partial charge in [0, 0.05) is 18.7 Å². The summed E-state index contributed by atoms with van der Waals surface area (Å²) in [6.45, 7) is 0.852. The SMILES string of the molecule is COc1cccc(C(=O)NCCNC(=O)c2coc(CN)c2)c1. The third kappa shape index (κ3) is 4.58. The van der Waals surface area contributed by atoms with Crippen LogP contribution in [0.25, 0.3) is 0 Å². The van der Waals surface area contributed by atoms with Gasteiger partial charge in [-0.05, 0) is 24.3 Å². The lowest BCUT2D eigenvalue weighted by molar-refractivity contribution is 0.0927. The fourth-order valence-corrected chi connectivity index (χ4v) is 1.93. The minimum Gasteiger partial charge on any atom is -0.497 e. The van der Waals surface area contributed by atoms with Crippen LogP contribution in [0.2, 0.25) is 0 Å². The fraction of sp³-hybridized carbons (Fsp3) is 0.250. The fourth-order valence-electron chi connectivity index (χ4n) is 1.93. The van der Waals surface area contributed by atoms with Gasteiger partial charge in [0.05, 0.1) is 19.2 Å². The van der Waals surface area contributed by atoms with Crippen LogP contribution in [0.1, 0.15) is 26.5 Å². The standard InChI is InChI=1S/C16H19N3O4/c1-22-13-4-2-3-11(7-13)15(20)18-5-6-19-16(21)12-8-14(9-17)23-10-12/h2-4,7-8,10H,5-6,9,17H2,1H3,(H,18,20)(H,19,21). The Morgan fingerprint density at radius 2 is 1.83 bits per heavy atom. The summed E-state index contributed by atoms with van der Waals surface area (Å²) in [4.78, 5) is 23.8. The number of hydrogen-bond acceptors (Lipinski definition) is 5. The lowest BCUT2D eigenvalue weighted by Gasteiger charge is -2.07. The van der Waals surface area contributed by atoms with E-state index in [2.05, 4.69) is 10.6 Å². The van der Waals surface area contributed by atoms with Gasteiger partial charge in [0.1, 0.15) is 17.8 Å². The van der Waals surface area contributed by atoms with Crippen LogP contribution in [-0.4, -0.2) is 32.0 Å². The summed E-state index contributed by atoms with van der Waals surface area (Å²) in [6.07, 6.45) is 1.35. The summed E-state index contributed by atoms with van der Waals surface area (Å²) in [6, 6.07) is 8.43. The Bertz CT molecular complexity index is 681. The molecule has 7 nitrogen and oxygen atoms in total. The second kappa shape index (κ2) is 8.00. The van der Waals surface area contributed by atoms with E-state index in [0.717, 1.165) is 0 Å². The van der Waals surface area contributed by atoms with E-state index in [1.807, 2.05) is 0 Å². The first kappa shape index (κ1) is 16.6. The first-order chi connectivity index (χ1) is 11.1. The van der Waals surface area contributed by atoms with Crippen LogP contribution >= 0.6 is 0 Å². The molecule has 122 valence electrons. The molecule has 4 N–H and O–H groups in total. The van der Waals surface area contributed by atoms with Gasteiger partial charge in [0.25, 0.3) is 11.8 Å². The zero-order valence-electron chi connectivity index (χ0n) is 12.8. The lowest BCUT2D eigenvalue weighted by Crippen LogP contribution is -2.34. The molecule has 0 saturated heterocycles. The second-order valence-corrected chi connectivity index (χ2v) is 4.75. The van der Waals surface area contributed by atoms with E-state index in [0.29, 0.717) is 35.7 Å². The highest BCUT2D eigenvalue weighted by Gasteiger charge is 2.10. The van der Waals surface area contributed by atoms with Gasteiger partial charge in [-0.15, -0.1) is 0 Å². The van der Waals surface area contributed by atoms with Crippen molar-refractivity contribution in [3.05, 3.63) is 53.5 Å². The van der Waals surface area contributed by atoms with Crippen LogP contribution in [0.15, 0.2) is 41.0 Å². The summed E-state index contributed by atoms with van der Waals surface area (Å²) in [7, 11) is 1.54. The number of carbonyl (C=O) groups is 2. The molecule has 0 aliphatic heterocycles. The van der Waals surface area contributed by atoms with E-state index < -0.39 is 0 Å². The third-order valence-corrected chi connectivity index (χ3v) is 3.15. The van der Waals surface area contributed by atoms with E-state index in [4.69, 9.17) is 14.9 Å². The van der Waals surface area contributed by atoms with Gasteiger partial charge in [-0.2, -0.15) is 0 Å². The van der Waals surface area contributed by atoms with Crippen LogP contribution in [0.3, 0.4) is 0 Å². The van der Waals surface area contributed by atoms with Gasteiger partial charge >= 0.3 is 0 Å². The maximum Gasteiger partial charge on any atom is 0.254 e. The number of ether oxygens (including phenoxy) is 1. The average Bonchev–Trinajstić information content (AvgIpc) is 3.07. The highest BCUT2D eigenvalue weighted by molar-refractivity contribution is 5.95. The Kier molecular flexibility index (Phi) is 5.76. The van der Waals surface area contributed by atoms with Crippen molar-refractivity contribution in [1.82, 2.24) is 10.6 Å². The van der Waals surface area contributed by atoms with E-state index in [1.54, 1.807) is 37.4 Å². The minimum absolute atomic E-state index is 0.230. The molecule has 0 bridgehead atoms. The Balaban J connectivity index is 1.76. The van der Waals surface area contributed by atoms with Crippen LogP contribution in [0.4, 0.5) is 0 Å². The molecule has 0 radical (unpaired) electrons. The zero-order chi connectivity index (χ0) is 16.7. The number of benzene rings is 1. The van der Waals surface area contributed by atoms with Crippen LogP contribution in [-0.2, 0) is 6.54 Å². The van der Waals surface area contributed by atoms with Crippen LogP contribution in [0.5, 0.6) is 5.75 Å². The van der Waals surface area contributed by atoms with Crippen molar-refractivity contribution in [2.24, 2.45) is 5.73 Å². The number of amides is 2. The Hall–Kier alpha value is -2.80. The molecule has 0 saturated carbocycles. The van der Waals surface area contributed by atoms with E-state index in [1.165, 1.54) is 6.26 Å². The molecule has 1 aromatic carbocycles. The number of nitrogens with one attached hydrogen (secondary N) is 2. The summed E-state index contributed by atoms with van der Waals surface area (Å²) in [5.74, 6) is 0.652. The average molecular weight is 317 g/mol. The molecule has 0 unspecified atom stereocenters. The van der Waals surface area contributed by atoms with Gasteiger partial charge in [0.2, 0.25) is 0 Å². The van der Waals surface area contributed by atoms with Crippen molar-refractivity contribution in [3.63, 3.8) is 0 Å². The molecule has 0 spiro atoms. The number of furan rings is 1. The highest BCUT2D eigenvalue weighted by atomic mass is 16.5. The first-order valence-electron chi connectivity index (χ1n) is 7.12. The molecule has 0 aliphatic carbocycles. The molecule has 2 rings (SSSR count). The highest BCUT2D eigenvalue weighted by Crippen LogP contribution is 2.12. The number of methoxy groups -OCH3 is 1. The summed E-state index contributed by atoms with van der Waals surface area (Å²) in [5.41, 5.74) is 6.32. The zero-order valence-corrected chi connectivity index (χ0v) is 12.8. The van der Waals surface area contributed by atoms with Gasteiger partial charge in [-0.25, -0.2) is 0 Å². The number of rotatable bonds is 7. The molecule has 1 heterocycles. The lowest BCUT2D eigenvalue weighted by atomic mass is 10.2. The van der Waals surface area contributed by atoms with Gasteiger partial charge < -0.3 is 25.5 Å². The second-order valence-electron chi connectivity index (χ2n) is 4.75. The number of hydrogen-bond donors (Lipinski definition) is 3. The largest absolute Gasteiger partial charge is 0.497 e. The maximum atomic E-state index is 12.0. The molecule has 23 heavy (non-hydrogen) atoms. The van der Waals surface area contributed by atoms with Crippen molar-refractivity contribution >= 4 is 11.8 Å². The van der Waals surface area contributed by atoms with Crippen LogP contribution in [0, 0.1) is 0 Å². The predicted octanol–water partition coefficient (Wildman–Crippen LogP) is 0.907. The van der Waals surface area contributed by atoms with Gasteiger partial charge in [-0.3, -0.25) is 9.59 Å². The topological polar surface area (TPSA) is 107 Å². The van der Waals surface area contributed by atoms with Crippen LogP contribution < -0.4 is 21.1 Å². The summed E-state index contributed by atoms with van der Waals surface area (Å²) < 4.78 is 10.2. The Morgan fingerprint density at radius 1 is 1.13 bits per heavy atom. The molecule has 1 aromatic heterocycles. The van der Waals surface area contributed by atoms with Crippen molar-refractivity contribution in [1.29, 1.82) is 0 Å². The van der Waals surface area contributed by atoms with E-state index in [-0.39, 0.29) is 18.4 Å². The molecule has 0 aliphatic rings. The molecule has 0 atom stereocenters. The number of nitrogens with two attached hydrogens (primary N) is 1. The molecule has 7 heteroatoms. The smallest absolute Gasteiger partial charge is 0.254 e. The monoisotopic (exact) mass is 317 g/mol. The molecular weight excluding hydrogens is 298 g/mol. The Morgan fingerprint density at radius 3 is 2.43 bits per heavy atom. The van der Waals surface area contributed by atoms with Gasteiger partial charge in [0.15, 0.2) is 0 Å². The Labute approximate surface area is 133 Å². The van der Waals surface area contributed by atoms with Gasteiger partial charge in [-0.1, -0.05) is 6.07 Å². The molecule has 2 aromatic rings. The maximum absolute atomic E-state index is 12.0. The summed E-state index contributed by atoms with van der Waals surface area (Å²) in [5, 5.41) is 5.41. The normalized spacial score (nSPS) is 10.2. The molecule has 2 amide bonds. The summed E-state index contributed by atoms with van der Waals surface area (Å²) >= 11 is 0. The van der Waals surface area contributed by atoms with E-state index in [9.17, 15) is 9.59 Å².